The number of anilines is 7. The van der Waals surface area contributed by atoms with Crippen LogP contribution in [0, 0.1) is 0 Å². The van der Waals surface area contributed by atoms with Crippen molar-refractivity contribution in [1.29, 1.82) is 0 Å². The number of hydrogen-bond acceptors (Lipinski definition) is 4. The molecule has 4 nitrogen and oxygen atoms in total. The second-order valence-corrected chi connectivity index (χ2v) is 31.0. The molecule has 0 amide bonds. The lowest BCUT2D eigenvalue weighted by atomic mass is 9.81. The summed E-state index contributed by atoms with van der Waals surface area (Å²) in [6.07, 6.45) is 5.99. The zero-order chi connectivity index (χ0) is 80.3. The maximum atomic E-state index is 4.01. The van der Waals surface area contributed by atoms with Crippen LogP contribution < -0.4 is 31.7 Å². The van der Waals surface area contributed by atoms with Gasteiger partial charge in [0.25, 0.3) is 0 Å². The predicted molar refractivity (Wildman–Crippen MR) is 508 cm³/mol. The van der Waals surface area contributed by atoms with Gasteiger partial charge in [-0.1, -0.05) is 403 Å². The van der Waals surface area contributed by atoms with Gasteiger partial charge in [0.15, 0.2) is 0 Å². The van der Waals surface area contributed by atoms with E-state index in [0.29, 0.717) is 0 Å². The van der Waals surface area contributed by atoms with E-state index < -0.39 is 0 Å². The van der Waals surface area contributed by atoms with Gasteiger partial charge in [0.05, 0.1) is 0 Å². The maximum Gasteiger partial charge on any atom is 0.0463 e. The minimum absolute atomic E-state index is 0.0301. The summed E-state index contributed by atoms with van der Waals surface area (Å²) >= 11 is 0. The molecule has 21 rings (SSSR count). The van der Waals surface area contributed by atoms with E-state index >= 15 is 0 Å². The van der Waals surface area contributed by atoms with Crippen molar-refractivity contribution in [2.75, 3.05) is 21.3 Å². The first kappa shape index (κ1) is 75.3. The number of benzene rings is 19. The number of allylic oxidation sites excluding steroid dienone is 1. The SMILES string of the molecule is C=c1cccc/c1=C/C=C/Nc1ccc2ccccc2c1.CC1(C)c2ccccc2-c2ccc(Nc3cccc4ccccc34)cc21.c1ccc(C(c2ccccc2)c2ccccc2-c2ccc(Nc3cccc4ccccc34)cc2)cc1.c1ccc(C2c3ccccc3-c3ccccc32)c(-c2ccc(Nc3cccc4ccccc34)cc2)c1. The molecule has 0 unspecified atom stereocenters. The van der Waals surface area contributed by atoms with Crippen LogP contribution in [0.25, 0.3) is 100 Å². The van der Waals surface area contributed by atoms with Gasteiger partial charge in [-0.2, -0.15) is 0 Å². The molecule has 0 atom stereocenters. The van der Waals surface area contributed by atoms with E-state index in [1.165, 1.54) is 132 Å². The Morgan fingerprint density at radius 2 is 0.681 bits per heavy atom. The van der Waals surface area contributed by atoms with Gasteiger partial charge in [0.1, 0.15) is 0 Å². The molecular weight excluding hydrogens is 1440 g/mol. The fraction of sp³-hybridized carbons (Fsp3) is 0.0435. The Bertz CT molecular complexity index is 6720. The van der Waals surface area contributed by atoms with Crippen LogP contribution in [0.1, 0.15) is 70.2 Å². The van der Waals surface area contributed by atoms with Gasteiger partial charge in [-0.3, -0.25) is 0 Å². The van der Waals surface area contributed by atoms with Gasteiger partial charge >= 0.3 is 0 Å². The summed E-state index contributed by atoms with van der Waals surface area (Å²) in [7, 11) is 0. The molecule has 0 aliphatic heterocycles. The van der Waals surface area contributed by atoms with E-state index in [0.717, 1.165) is 50.2 Å². The zero-order valence-electron chi connectivity index (χ0n) is 66.7. The van der Waals surface area contributed by atoms with E-state index in [1.54, 1.807) is 0 Å². The molecular formula is C115H90N4. The van der Waals surface area contributed by atoms with Gasteiger partial charge in [0.2, 0.25) is 0 Å². The van der Waals surface area contributed by atoms with Crippen molar-refractivity contribution in [2.24, 2.45) is 0 Å². The highest BCUT2D eigenvalue weighted by Gasteiger charge is 2.36. The molecule has 0 heterocycles. The average Bonchev–Trinajstić information content (AvgIpc) is 1.58. The largest absolute Gasteiger partial charge is 0.362 e. The van der Waals surface area contributed by atoms with E-state index in [1.807, 2.05) is 30.5 Å². The standard InChI is InChI=1S/C35H25N.C35H27N.C25H21N.C20H17N/c1-2-13-28-24(10-1)11-9-19-34(28)36-26-22-20-25(21-23-26)27-12-3-6-16-31(27)35-32-17-7-4-14-29(32)30-15-5-8-18-33(30)35;1-3-13-28(14-4-1)35(29-15-5-2-6-16-29)33-20-10-9-18-31(33)27-22-24-30(25-23-27)36-34-21-11-17-26-12-7-8-19-32(26)34;1-25(2)22-12-6-5-11-20(22)21-15-14-18(16-23(21)25)26-24-13-7-9-17-8-3-4-10-19(17)24;1-16-7-2-3-8-17(16)11-6-14-21-20-13-12-18-9-4-5-10-19(18)15-20/h1-23,35-36H;1-25,35-36H;3-16,26H,1-2H3;2-15,21H,1H2/b;;;14-6+,17-11-. The summed E-state index contributed by atoms with van der Waals surface area (Å²) in [4.78, 5) is 0. The van der Waals surface area contributed by atoms with Gasteiger partial charge in [-0.25, -0.2) is 0 Å². The molecule has 0 saturated heterocycles. The predicted octanol–water partition coefficient (Wildman–Crippen LogP) is 29.4. The first-order chi connectivity index (χ1) is 58.7. The second kappa shape index (κ2) is 34.5. The molecule has 570 valence electrons. The molecule has 0 fully saturated rings. The molecule has 4 heteroatoms. The zero-order valence-corrected chi connectivity index (χ0v) is 66.7. The molecule has 4 N–H and O–H groups in total. The number of rotatable bonds is 15. The second-order valence-electron chi connectivity index (χ2n) is 31.0. The highest BCUT2D eigenvalue weighted by Crippen LogP contribution is 2.52. The fourth-order valence-corrected chi connectivity index (χ4v) is 17.3. The lowest BCUT2D eigenvalue weighted by Crippen LogP contribution is -2.21. The summed E-state index contributed by atoms with van der Waals surface area (Å²) in [5.74, 6) is 0.402. The quantitative estimate of drug-likeness (QED) is 0.0773. The van der Waals surface area contributed by atoms with E-state index in [2.05, 4.69) is 472 Å². The van der Waals surface area contributed by atoms with Crippen molar-refractivity contribution in [3.63, 3.8) is 0 Å². The average molecular weight is 1530 g/mol. The Balaban J connectivity index is 0.000000111. The highest BCUT2D eigenvalue weighted by atomic mass is 14.9. The van der Waals surface area contributed by atoms with Crippen LogP contribution in [0.3, 0.4) is 0 Å². The Hall–Kier alpha value is -15.1. The first-order valence-corrected chi connectivity index (χ1v) is 41.0. The van der Waals surface area contributed by atoms with Gasteiger partial charge < -0.3 is 21.3 Å². The van der Waals surface area contributed by atoms with Crippen molar-refractivity contribution in [3.05, 3.63) is 510 Å². The van der Waals surface area contributed by atoms with Crippen LogP contribution in [0.5, 0.6) is 0 Å². The molecule has 19 aromatic carbocycles. The van der Waals surface area contributed by atoms with Crippen LogP contribution in [-0.4, -0.2) is 0 Å². The van der Waals surface area contributed by atoms with Crippen LogP contribution in [0.15, 0.2) is 455 Å². The maximum absolute atomic E-state index is 4.01. The summed E-state index contributed by atoms with van der Waals surface area (Å²) in [6, 6.07) is 158. The third-order valence-corrected chi connectivity index (χ3v) is 23.3. The number of nitrogens with one attached hydrogen (secondary N) is 4. The summed E-state index contributed by atoms with van der Waals surface area (Å²) in [5.41, 5.74) is 29.1. The van der Waals surface area contributed by atoms with Crippen molar-refractivity contribution in [3.8, 4) is 44.5 Å². The first-order valence-electron chi connectivity index (χ1n) is 41.0. The van der Waals surface area contributed by atoms with Gasteiger partial charge in [0, 0.05) is 79.4 Å². The van der Waals surface area contributed by atoms with Crippen molar-refractivity contribution in [1.82, 2.24) is 0 Å². The van der Waals surface area contributed by atoms with Crippen LogP contribution in [-0.2, 0) is 5.41 Å². The molecule has 0 radical (unpaired) electrons. The van der Waals surface area contributed by atoms with Crippen LogP contribution >= 0.6 is 0 Å². The van der Waals surface area contributed by atoms with Crippen LogP contribution in [0.2, 0.25) is 0 Å². The summed E-state index contributed by atoms with van der Waals surface area (Å²) in [6.45, 7) is 8.64. The molecule has 0 saturated carbocycles. The number of fused-ring (bicyclic) bond motifs is 10. The van der Waals surface area contributed by atoms with Crippen molar-refractivity contribution in [2.45, 2.75) is 31.1 Å². The normalized spacial score (nSPS) is 12.3. The van der Waals surface area contributed by atoms with E-state index in [-0.39, 0.29) is 17.3 Å². The Morgan fingerprint density at radius 1 is 0.286 bits per heavy atom. The minimum atomic E-state index is 0.0301. The van der Waals surface area contributed by atoms with Gasteiger partial charge in [-0.05, 0) is 199 Å². The Labute approximate surface area is 697 Å². The Kier molecular flexibility index (Phi) is 21.8. The molecule has 19 aromatic rings. The summed E-state index contributed by atoms with van der Waals surface area (Å²) in [5, 5.41) is 26.3. The Morgan fingerprint density at radius 3 is 1.24 bits per heavy atom. The molecule has 0 aromatic heterocycles. The smallest absolute Gasteiger partial charge is 0.0463 e. The third kappa shape index (κ3) is 16.3. The highest BCUT2D eigenvalue weighted by molar-refractivity contribution is 5.98. The summed E-state index contributed by atoms with van der Waals surface area (Å²) < 4.78 is 0. The molecule has 2 aliphatic carbocycles. The molecule has 0 bridgehead atoms. The van der Waals surface area contributed by atoms with Crippen LogP contribution in [0.4, 0.5) is 39.8 Å². The lowest BCUT2D eigenvalue weighted by molar-refractivity contribution is 0.660. The van der Waals surface area contributed by atoms with Crippen molar-refractivity contribution < 1.29 is 0 Å². The number of hydrogen-bond donors (Lipinski definition) is 4. The lowest BCUT2D eigenvalue weighted by Gasteiger charge is -2.22. The molecule has 119 heavy (non-hydrogen) atoms. The molecule has 2 aliphatic rings. The molecule has 0 spiro atoms. The van der Waals surface area contributed by atoms with E-state index in [4.69, 9.17) is 0 Å². The fourth-order valence-electron chi connectivity index (χ4n) is 17.3. The minimum Gasteiger partial charge on any atom is -0.362 e. The monoisotopic (exact) mass is 1530 g/mol. The van der Waals surface area contributed by atoms with Crippen molar-refractivity contribution >= 4 is 95.6 Å². The van der Waals surface area contributed by atoms with Gasteiger partial charge in [-0.15, -0.1) is 0 Å². The van der Waals surface area contributed by atoms with E-state index in [9.17, 15) is 0 Å². The third-order valence-electron chi connectivity index (χ3n) is 23.3. The topological polar surface area (TPSA) is 48.1 Å².